The van der Waals surface area contributed by atoms with Crippen molar-refractivity contribution in [1.29, 1.82) is 5.26 Å². The minimum Gasteiger partial charge on any atom is -0.377 e. The van der Waals surface area contributed by atoms with Gasteiger partial charge in [-0.1, -0.05) is 0 Å². The first kappa shape index (κ1) is 9.42. The highest BCUT2D eigenvalue weighted by atomic mass is 16.5. The third-order valence-electron chi connectivity index (χ3n) is 1.47. The van der Waals surface area contributed by atoms with Crippen LogP contribution in [0, 0.1) is 11.3 Å². The Bertz CT molecular complexity index is 337. The van der Waals surface area contributed by atoms with E-state index in [2.05, 4.69) is 9.72 Å². The molecule has 0 aliphatic carbocycles. The number of imidazole rings is 1. The van der Waals surface area contributed by atoms with Crippen molar-refractivity contribution in [2.24, 2.45) is 0 Å². The first-order chi connectivity index (χ1) is 6.27. The Balaban J connectivity index is 2.64. The Morgan fingerprint density at radius 3 is 3.23 bits per heavy atom. The molecule has 0 bridgehead atoms. The molecule has 1 aromatic rings. The molecule has 0 atom stereocenters. The number of hydrogen-bond donors (Lipinski definition) is 0. The second kappa shape index (κ2) is 4.38. The fourth-order valence-electron chi connectivity index (χ4n) is 0.946. The Hall–Kier alpha value is -1.67. The first-order valence-corrected chi connectivity index (χ1v) is 3.69. The second-order valence-corrected chi connectivity index (χ2v) is 2.46. The van der Waals surface area contributed by atoms with Crippen molar-refractivity contribution in [3.63, 3.8) is 0 Å². The minimum absolute atomic E-state index is 0.0586. The van der Waals surface area contributed by atoms with Gasteiger partial charge in [0.1, 0.15) is 12.7 Å². The summed E-state index contributed by atoms with van der Waals surface area (Å²) in [7, 11) is 1.46. The molecule has 0 fully saturated rings. The van der Waals surface area contributed by atoms with Gasteiger partial charge in [0.25, 0.3) is 0 Å². The van der Waals surface area contributed by atoms with Gasteiger partial charge in [-0.25, -0.2) is 4.98 Å². The summed E-state index contributed by atoms with van der Waals surface area (Å²) >= 11 is 0. The van der Waals surface area contributed by atoms with Crippen LogP contribution in [0.3, 0.4) is 0 Å². The van der Waals surface area contributed by atoms with Crippen LogP contribution in [-0.2, 0) is 16.1 Å². The van der Waals surface area contributed by atoms with Gasteiger partial charge in [0, 0.05) is 19.5 Å². The summed E-state index contributed by atoms with van der Waals surface area (Å²) in [5.74, 6) is 0.154. The van der Waals surface area contributed by atoms with Crippen molar-refractivity contribution < 1.29 is 9.53 Å². The molecule has 0 aliphatic rings. The zero-order valence-electron chi connectivity index (χ0n) is 7.23. The van der Waals surface area contributed by atoms with Crippen LogP contribution in [-0.4, -0.2) is 29.1 Å². The van der Waals surface area contributed by atoms with Crippen molar-refractivity contribution in [3.8, 4) is 6.07 Å². The van der Waals surface area contributed by atoms with Crippen molar-refractivity contribution >= 4 is 5.78 Å². The van der Waals surface area contributed by atoms with Crippen molar-refractivity contribution in [2.45, 2.75) is 6.54 Å². The number of hydrogen-bond acceptors (Lipinski definition) is 4. The van der Waals surface area contributed by atoms with Crippen molar-refractivity contribution in [1.82, 2.24) is 9.55 Å². The number of Topliss-reactive ketones (excluding diaryl/α,β-unsaturated/α-hetero) is 1. The van der Waals surface area contributed by atoms with E-state index in [1.165, 1.54) is 17.9 Å². The Kier molecular flexibility index (Phi) is 3.17. The molecular weight excluding hydrogens is 170 g/mol. The smallest absolute Gasteiger partial charge is 0.213 e. The monoisotopic (exact) mass is 179 g/mol. The van der Waals surface area contributed by atoms with Gasteiger partial charge in [-0.2, -0.15) is 5.26 Å². The molecule has 0 saturated heterocycles. The lowest BCUT2D eigenvalue weighted by Gasteiger charge is -2.01. The van der Waals surface area contributed by atoms with Gasteiger partial charge in [0.15, 0.2) is 5.78 Å². The van der Waals surface area contributed by atoms with E-state index in [0.29, 0.717) is 0 Å². The Labute approximate surface area is 75.6 Å². The van der Waals surface area contributed by atoms with Gasteiger partial charge >= 0.3 is 0 Å². The first-order valence-electron chi connectivity index (χ1n) is 3.69. The Morgan fingerprint density at radius 2 is 2.62 bits per heavy atom. The molecule has 0 amide bonds. The molecule has 1 rings (SSSR count). The summed E-state index contributed by atoms with van der Waals surface area (Å²) < 4.78 is 6.15. The predicted molar refractivity (Wildman–Crippen MR) is 43.8 cm³/mol. The van der Waals surface area contributed by atoms with Crippen molar-refractivity contribution in [2.75, 3.05) is 13.7 Å². The number of methoxy groups -OCH3 is 1. The van der Waals surface area contributed by atoms with Gasteiger partial charge in [-0.05, 0) is 0 Å². The number of rotatable bonds is 4. The summed E-state index contributed by atoms with van der Waals surface area (Å²) in [6, 6.07) is 1.88. The fraction of sp³-hybridized carbons (Fsp3) is 0.375. The maximum atomic E-state index is 11.1. The molecule has 1 aromatic heterocycles. The highest BCUT2D eigenvalue weighted by Gasteiger charge is 2.06. The number of carbonyl (C=O) groups is 1. The molecule has 0 radical (unpaired) electrons. The van der Waals surface area contributed by atoms with Crippen molar-refractivity contribution in [3.05, 3.63) is 18.2 Å². The van der Waals surface area contributed by atoms with Gasteiger partial charge in [-0.15, -0.1) is 0 Å². The normalized spacial score (nSPS) is 9.54. The summed E-state index contributed by atoms with van der Waals surface area (Å²) in [5, 5.41) is 8.57. The van der Waals surface area contributed by atoms with E-state index in [4.69, 9.17) is 5.26 Å². The third-order valence-corrected chi connectivity index (χ3v) is 1.47. The third kappa shape index (κ3) is 2.39. The van der Waals surface area contributed by atoms with Crippen LogP contribution in [0.1, 0.15) is 5.82 Å². The summed E-state index contributed by atoms with van der Waals surface area (Å²) in [6.07, 6.45) is 3.07. The van der Waals surface area contributed by atoms with Crippen LogP contribution in [0.5, 0.6) is 0 Å². The van der Waals surface area contributed by atoms with Gasteiger partial charge in [0.2, 0.25) is 5.82 Å². The Morgan fingerprint density at radius 1 is 1.85 bits per heavy atom. The highest BCUT2D eigenvalue weighted by molar-refractivity contribution is 5.79. The molecule has 0 spiro atoms. The van der Waals surface area contributed by atoms with E-state index < -0.39 is 0 Å². The lowest BCUT2D eigenvalue weighted by Crippen LogP contribution is -2.15. The number of carbonyl (C=O) groups excluding carboxylic acids is 1. The van der Waals surface area contributed by atoms with Crippen LogP contribution in [0.2, 0.25) is 0 Å². The van der Waals surface area contributed by atoms with Gasteiger partial charge in [0.05, 0.1) is 6.54 Å². The maximum absolute atomic E-state index is 11.1. The van der Waals surface area contributed by atoms with E-state index in [1.54, 1.807) is 6.20 Å². The average molecular weight is 179 g/mol. The average Bonchev–Trinajstić information content (AvgIpc) is 2.52. The zero-order valence-corrected chi connectivity index (χ0v) is 7.23. The number of nitrogens with zero attached hydrogens (tertiary/aromatic N) is 3. The molecule has 5 heteroatoms. The van der Waals surface area contributed by atoms with E-state index in [1.807, 2.05) is 6.07 Å². The molecular formula is C8H9N3O2. The molecule has 0 N–H and O–H groups in total. The standard InChI is InChI=1S/C8H9N3O2/c1-13-6-7(12)5-11-3-2-10-8(11)4-9/h2-3H,5-6H2,1H3. The molecule has 68 valence electrons. The van der Waals surface area contributed by atoms with Crippen LogP contribution in [0.15, 0.2) is 12.4 Å². The van der Waals surface area contributed by atoms with Crippen LogP contribution in [0.25, 0.3) is 0 Å². The van der Waals surface area contributed by atoms with Crippen LogP contribution < -0.4 is 0 Å². The number of aromatic nitrogens is 2. The molecule has 0 aromatic carbocycles. The second-order valence-electron chi connectivity index (χ2n) is 2.46. The topological polar surface area (TPSA) is 67.9 Å². The predicted octanol–water partition coefficient (Wildman–Crippen LogP) is -0.0297. The quantitative estimate of drug-likeness (QED) is 0.650. The molecule has 0 aliphatic heterocycles. The van der Waals surface area contributed by atoms with Crippen LogP contribution >= 0.6 is 0 Å². The summed E-state index contributed by atoms with van der Waals surface area (Å²) in [6.45, 7) is 0.194. The lowest BCUT2D eigenvalue weighted by molar-refractivity contribution is -0.123. The molecule has 0 unspecified atom stereocenters. The number of nitriles is 1. The molecule has 0 saturated carbocycles. The molecule has 5 nitrogen and oxygen atoms in total. The van der Waals surface area contributed by atoms with Gasteiger partial charge < -0.3 is 9.30 Å². The summed E-state index contributed by atoms with van der Waals surface area (Å²) in [4.78, 5) is 14.9. The lowest BCUT2D eigenvalue weighted by atomic mass is 10.4. The SMILES string of the molecule is COCC(=O)Cn1ccnc1C#N. The number of ether oxygens (including phenoxy) is 1. The van der Waals surface area contributed by atoms with Crippen LogP contribution in [0.4, 0.5) is 0 Å². The molecule has 1 heterocycles. The van der Waals surface area contributed by atoms with E-state index in [0.717, 1.165) is 0 Å². The minimum atomic E-state index is -0.0861. The fourth-order valence-corrected chi connectivity index (χ4v) is 0.946. The van der Waals surface area contributed by atoms with E-state index >= 15 is 0 Å². The zero-order chi connectivity index (χ0) is 9.68. The highest BCUT2D eigenvalue weighted by Crippen LogP contribution is 1.95. The maximum Gasteiger partial charge on any atom is 0.213 e. The van der Waals surface area contributed by atoms with Gasteiger partial charge in [-0.3, -0.25) is 4.79 Å². The van der Waals surface area contributed by atoms with E-state index in [9.17, 15) is 4.79 Å². The van der Waals surface area contributed by atoms with E-state index in [-0.39, 0.29) is 24.8 Å². The summed E-state index contributed by atoms with van der Waals surface area (Å²) in [5.41, 5.74) is 0. The largest absolute Gasteiger partial charge is 0.377 e. The number of ketones is 1. The molecule has 13 heavy (non-hydrogen) atoms.